The largest absolute Gasteiger partial charge is 0.497 e. The highest BCUT2D eigenvalue weighted by molar-refractivity contribution is 7.91. The van der Waals surface area contributed by atoms with Crippen LogP contribution in [0.3, 0.4) is 0 Å². The highest BCUT2D eigenvalue weighted by Crippen LogP contribution is 2.46. The molecule has 1 saturated heterocycles. The zero-order valence-electron chi connectivity index (χ0n) is 31.9. The van der Waals surface area contributed by atoms with Crippen molar-refractivity contribution in [1.29, 1.82) is 0 Å². The molecule has 14 nitrogen and oxygen atoms in total. The summed E-state index contributed by atoms with van der Waals surface area (Å²) < 4.78 is 86.6. The number of para-hydroxylation sites is 1. The van der Waals surface area contributed by atoms with Crippen LogP contribution in [-0.4, -0.2) is 90.7 Å². The summed E-state index contributed by atoms with van der Waals surface area (Å²) in [5, 5.41) is 4.57. The summed E-state index contributed by atoms with van der Waals surface area (Å²) in [6.45, 7) is -0.296. The first-order valence-corrected chi connectivity index (χ1v) is 21.1. The number of aromatic nitrogens is 1. The number of pyridine rings is 1. The second-order valence-corrected chi connectivity index (χ2v) is 17.5. The van der Waals surface area contributed by atoms with E-state index in [9.17, 15) is 40.8 Å². The summed E-state index contributed by atoms with van der Waals surface area (Å²) in [5.41, 5.74) is 0.817. The van der Waals surface area contributed by atoms with Crippen LogP contribution in [0.2, 0.25) is 0 Å². The van der Waals surface area contributed by atoms with E-state index < -0.39 is 74.7 Å². The normalized spacial score (nSPS) is 25.9. The number of amides is 4. The number of nitrogens with zero attached hydrogens (tertiary/aromatic N) is 2. The quantitative estimate of drug-likeness (QED) is 0.203. The maximum atomic E-state index is 14.4. The fraction of sp³-hybridized carbons (Fsp3) is 0.439. The smallest absolute Gasteiger partial charge is 0.471 e. The van der Waals surface area contributed by atoms with Crippen LogP contribution >= 0.6 is 0 Å². The first kappa shape index (κ1) is 40.1. The molecule has 2 aliphatic heterocycles. The summed E-state index contributed by atoms with van der Waals surface area (Å²) in [4.78, 5) is 60.7. The van der Waals surface area contributed by atoms with Gasteiger partial charge in [0, 0.05) is 29.4 Å². The molecule has 0 unspecified atom stereocenters. The van der Waals surface area contributed by atoms with Gasteiger partial charge in [-0.05, 0) is 74.9 Å². The van der Waals surface area contributed by atoms with Crippen LogP contribution in [-0.2, 0) is 29.2 Å². The molecule has 4 heterocycles. The third-order valence-electron chi connectivity index (χ3n) is 11.4. The van der Waals surface area contributed by atoms with Gasteiger partial charge in [-0.15, -0.1) is 0 Å². The Balaban J connectivity index is 1.15. The predicted octanol–water partition coefficient (Wildman–Crippen LogP) is 5.06. The predicted molar refractivity (Wildman–Crippen MR) is 207 cm³/mol. The molecule has 2 aromatic heterocycles. The molecule has 2 aromatic carbocycles. The van der Waals surface area contributed by atoms with Crippen molar-refractivity contribution < 1.29 is 54.7 Å². The van der Waals surface area contributed by atoms with Crippen LogP contribution in [0.15, 0.2) is 71.2 Å². The van der Waals surface area contributed by atoms with Gasteiger partial charge in [0.2, 0.25) is 21.8 Å². The molecule has 4 aliphatic rings. The maximum Gasteiger partial charge on any atom is 0.471 e. The number of rotatable bonds is 8. The molecule has 2 saturated carbocycles. The number of benzene rings is 2. The second-order valence-electron chi connectivity index (χ2n) is 15.5. The van der Waals surface area contributed by atoms with E-state index in [4.69, 9.17) is 18.9 Å². The van der Waals surface area contributed by atoms with Crippen molar-refractivity contribution in [2.45, 2.75) is 92.9 Å². The summed E-state index contributed by atoms with van der Waals surface area (Å²) in [7, 11) is -2.45. The van der Waals surface area contributed by atoms with Gasteiger partial charge in [0.1, 0.15) is 40.6 Å². The molecule has 2 aliphatic carbocycles. The molecule has 4 aromatic rings. The lowest BCUT2D eigenvalue weighted by Gasteiger charge is -2.30. The summed E-state index contributed by atoms with van der Waals surface area (Å²) in [6, 6.07) is 13.0. The van der Waals surface area contributed by atoms with Gasteiger partial charge in [0.05, 0.1) is 24.6 Å². The Kier molecular flexibility index (Phi) is 10.6. The third-order valence-corrected chi connectivity index (χ3v) is 13.2. The lowest BCUT2D eigenvalue weighted by Crippen LogP contribution is -2.58. The van der Waals surface area contributed by atoms with Gasteiger partial charge in [-0.2, -0.15) is 13.2 Å². The number of nitrogens with one attached hydrogen (secondary N) is 3. The maximum absolute atomic E-state index is 14.4. The number of furan rings is 1. The van der Waals surface area contributed by atoms with Crippen LogP contribution in [0.1, 0.15) is 57.8 Å². The van der Waals surface area contributed by atoms with E-state index in [1.807, 2.05) is 35.7 Å². The summed E-state index contributed by atoms with van der Waals surface area (Å²) in [5.74, 6) is -4.70. The van der Waals surface area contributed by atoms with Gasteiger partial charge < -0.3 is 29.4 Å². The molecular formula is C41H42F3N5O9S. The fourth-order valence-corrected chi connectivity index (χ4v) is 9.28. The van der Waals surface area contributed by atoms with Crippen molar-refractivity contribution in [2.75, 3.05) is 13.7 Å². The van der Waals surface area contributed by atoms with E-state index in [0.29, 0.717) is 65.6 Å². The fourth-order valence-electron chi connectivity index (χ4n) is 7.92. The lowest BCUT2D eigenvalue weighted by atomic mass is 10.0. The minimum atomic E-state index is -5.28. The molecule has 4 amide bonds. The average molecular weight is 838 g/mol. The molecule has 0 radical (unpaired) electrons. The Morgan fingerprint density at radius 1 is 1.03 bits per heavy atom. The highest BCUT2D eigenvalue weighted by Gasteiger charge is 2.62. The van der Waals surface area contributed by atoms with Crippen LogP contribution in [0, 0.1) is 5.92 Å². The standard InChI is InChI=1S/C41H42F3N5O9S/c1-56-25-15-13-23(14-16-25)30-20-33(35-34(45-30)28-10-7-8-12-32(28)58-35)57-26-19-31-36(50)47-40(38(52)48-59(54,55)27-17-18-27)21-24(40)9-5-3-2-4-6-11-29(37(51)49(31)22-26)46-39(53)41(42,43)44/h5,7-10,12-16,20,24,26-27,29,31H,2-4,6,11,17-19,21-22H2,1H3,(H,46,53)(H,47,50)(H,48,52)/b9-5-/t24-,26-,29+,31+,40-/m1/s1. The number of ether oxygens (including phenoxy) is 2. The van der Waals surface area contributed by atoms with Crippen molar-refractivity contribution >= 4 is 55.7 Å². The number of halogens is 3. The lowest BCUT2D eigenvalue weighted by molar-refractivity contribution is -0.175. The molecule has 3 fully saturated rings. The number of hydrogen-bond acceptors (Lipinski definition) is 10. The van der Waals surface area contributed by atoms with E-state index in [2.05, 4.69) is 10.0 Å². The van der Waals surface area contributed by atoms with Gasteiger partial charge in [-0.25, -0.2) is 13.4 Å². The summed E-state index contributed by atoms with van der Waals surface area (Å²) >= 11 is 0. The molecule has 18 heteroatoms. The van der Waals surface area contributed by atoms with Gasteiger partial charge in [-0.1, -0.05) is 37.1 Å². The first-order chi connectivity index (χ1) is 28.2. The molecular weight excluding hydrogens is 796 g/mol. The van der Waals surface area contributed by atoms with Crippen LogP contribution < -0.4 is 24.8 Å². The Labute approximate surface area is 336 Å². The zero-order valence-corrected chi connectivity index (χ0v) is 32.7. The van der Waals surface area contributed by atoms with E-state index in [0.717, 1.165) is 4.90 Å². The van der Waals surface area contributed by atoms with Crippen molar-refractivity contribution in [3.63, 3.8) is 0 Å². The van der Waals surface area contributed by atoms with E-state index in [1.54, 1.807) is 43.5 Å². The van der Waals surface area contributed by atoms with Crippen LogP contribution in [0.4, 0.5) is 13.2 Å². The Morgan fingerprint density at radius 2 is 1.80 bits per heavy atom. The monoisotopic (exact) mass is 837 g/mol. The number of carbonyl (C=O) groups is 4. The summed E-state index contributed by atoms with van der Waals surface area (Å²) in [6.07, 6.45) is -0.197. The topological polar surface area (TPSA) is 186 Å². The van der Waals surface area contributed by atoms with Crippen LogP contribution in [0.25, 0.3) is 33.3 Å². The molecule has 8 rings (SSSR count). The van der Waals surface area contributed by atoms with Crippen molar-refractivity contribution in [3.05, 3.63) is 66.7 Å². The number of fused-ring (bicyclic) bond motifs is 5. The molecule has 0 spiro atoms. The first-order valence-electron chi connectivity index (χ1n) is 19.5. The van der Waals surface area contributed by atoms with Gasteiger partial charge >= 0.3 is 12.1 Å². The molecule has 312 valence electrons. The number of alkyl halides is 3. The Hall–Kier alpha value is -5.65. The van der Waals surface area contributed by atoms with E-state index in [1.165, 1.54) is 0 Å². The van der Waals surface area contributed by atoms with Gasteiger partial charge in [0.15, 0.2) is 11.3 Å². The zero-order chi connectivity index (χ0) is 41.7. The van der Waals surface area contributed by atoms with Gasteiger partial charge in [0.25, 0.3) is 5.91 Å². The molecule has 0 bridgehead atoms. The Bertz CT molecular complexity index is 2450. The van der Waals surface area contributed by atoms with E-state index >= 15 is 0 Å². The van der Waals surface area contributed by atoms with Crippen molar-refractivity contribution in [3.8, 4) is 22.8 Å². The Morgan fingerprint density at radius 3 is 2.53 bits per heavy atom. The molecule has 59 heavy (non-hydrogen) atoms. The van der Waals surface area contributed by atoms with Crippen LogP contribution in [0.5, 0.6) is 11.5 Å². The highest BCUT2D eigenvalue weighted by atomic mass is 32.2. The van der Waals surface area contributed by atoms with Gasteiger partial charge in [-0.3, -0.25) is 23.9 Å². The molecule has 5 atom stereocenters. The number of carbonyl (C=O) groups excluding carboxylic acids is 4. The van der Waals surface area contributed by atoms with Crippen molar-refractivity contribution in [1.82, 2.24) is 25.2 Å². The van der Waals surface area contributed by atoms with Crippen molar-refractivity contribution in [2.24, 2.45) is 5.92 Å². The number of allylic oxidation sites excluding steroid dienone is 1. The SMILES string of the molecule is COc1ccc(-c2cc(O[C@@H]3C[C@H]4C(=O)N[C@]5(C(=O)NS(=O)(=O)C6CC6)C[C@H]5/C=C\CCCCC[C@H](NC(=O)C(F)(F)F)C(=O)N4C3)c3oc4ccccc4c3n2)cc1. The van der Waals surface area contributed by atoms with E-state index in [-0.39, 0.29) is 43.6 Å². The second kappa shape index (κ2) is 15.5. The number of sulfonamides is 1. The average Bonchev–Trinajstić information content (AvgIpc) is 4.11. The minimum Gasteiger partial charge on any atom is -0.497 e. The number of hydrogen-bond donors (Lipinski definition) is 3. The third kappa shape index (κ3) is 8.18. The minimum absolute atomic E-state index is 0.0846. The number of methoxy groups -OCH3 is 1. The molecule has 3 N–H and O–H groups in total.